The highest BCUT2D eigenvalue weighted by Crippen LogP contribution is 2.38. The molecule has 3 aliphatic carbocycles. The van der Waals surface area contributed by atoms with E-state index in [9.17, 15) is 0 Å². The average molecular weight is 457 g/mol. The summed E-state index contributed by atoms with van der Waals surface area (Å²) in [5, 5.41) is 10.2. The molecule has 6 aliphatic rings. The van der Waals surface area contributed by atoms with Gasteiger partial charge in [0.05, 0.1) is 0 Å². The highest BCUT2D eigenvalue weighted by atomic mass is 15.0. The molecule has 0 spiro atoms. The number of rotatable bonds is 0. The minimum atomic E-state index is 0.345. The maximum absolute atomic E-state index is 6.03. The van der Waals surface area contributed by atoms with Gasteiger partial charge in [-0.25, -0.2) is 0 Å². The molecule has 33 heavy (non-hydrogen) atoms. The number of hydrogen-bond donors (Lipinski definition) is 6. The third-order valence-corrected chi connectivity index (χ3v) is 9.17. The van der Waals surface area contributed by atoms with Gasteiger partial charge >= 0.3 is 0 Å². The van der Waals surface area contributed by atoms with Crippen LogP contribution in [0, 0.1) is 35.0 Å². The molecule has 186 valence electrons. The molecule has 0 saturated carbocycles. The molecular formula is C27H48N6. The van der Waals surface area contributed by atoms with Gasteiger partial charge in [0.15, 0.2) is 0 Å². The summed E-state index contributed by atoms with van der Waals surface area (Å²) in [6.45, 7) is 13.4. The average Bonchev–Trinajstić information content (AvgIpc) is 3.51. The van der Waals surface area contributed by atoms with Crippen LogP contribution < -0.4 is 33.2 Å². The summed E-state index contributed by atoms with van der Waals surface area (Å²) in [5.41, 5.74) is 21.4. The summed E-state index contributed by atoms with van der Waals surface area (Å²) < 4.78 is 0. The Morgan fingerprint density at radius 3 is 2.36 bits per heavy atom. The molecule has 6 rings (SSSR count). The monoisotopic (exact) mass is 456 g/mol. The van der Waals surface area contributed by atoms with E-state index in [1.54, 1.807) is 5.57 Å². The lowest BCUT2D eigenvalue weighted by Crippen LogP contribution is -2.41. The molecule has 0 aromatic rings. The van der Waals surface area contributed by atoms with Crippen molar-refractivity contribution in [2.75, 3.05) is 39.3 Å². The fourth-order valence-electron chi connectivity index (χ4n) is 6.97. The second kappa shape index (κ2) is 10.7. The molecule has 0 amide bonds. The summed E-state index contributed by atoms with van der Waals surface area (Å²) in [4.78, 5) is 0. The van der Waals surface area contributed by atoms with Gasteiger partial charge in [-0.2, -0.15) is 0 Å². The van der Waals surface area contributed by atoms with Crippen LogP contribution in [0.3, 0.4) is 0 Å². The van der Waals surface area contributed by atoms with Gasteiger partial charge in [-0.05, 0) is 62.7 Å². The standard InChI is InChI=1S/3C9H16N2/c1-6-2-7-4-11-5-8(7)9(10)3-6;1-6-2-3-9(10)8-5-11-4-7(6)8;1-9-4-2-3-8(10)7(9)5-11-6-9/h2*2,7-9,11H,3-5,10H2,1H3;2,4,7-8,11H,3,5-6,10H2,1H3. The zero-order valence-corrected chi connectivity index (χ0v) is 21.0. The van der Waals surface area contributed by atoms with Crippen LogP contribution in [0.4, 0.5) is 0 Å². The van der Waals surface area contributed by atoms with Crippen molar-refractivity contribution in [3.63, 3.8) is 0 Å². The summed E-state index contributed by atoms with van der Waals surface area (Å²) >= 11 is 0. The van der Waals surface area contributed by atoms with Gasteiger partial charge in [0, 0.05) is 62.8 Å². The van der Waals surface area contributed by atoms with E-state index in [2.05, 4.69) is 61.0 Å². The first-order valence-electron chi connectivity index (χ1n) is 13.2. The number of hydrogen-bond acceptors (Lipinski definition) is 6. The predicted molar refractivity (Wildman–Crippen MR) is 139 cm³/mol. The Kier molecular flexibility index (Phi) is 8.14. The molecule has 9 atom stereocenters. The van der Waals surface area contributed by atoms with Crippen molar-refractivity contribution in [1.29, 1.82) is 0 Å². The van der Waals surface area contributed by atoms with Crippen LogP contribution in [0.2, 0.25) is 0 Å². The molecule has 6 nitrogen and oxygen atoms in total. The lowest BCUT2D eigenvalue weighted by Gasteiger charge is -2.34. The van der Waals surface area contributed by atoms with Crippen LogP contribution in [-0.2, 0) is 0 Å². The van der Waals surface area contributed by atoms with Gasteiger partial charge in [0.2, 0.25) is 0 Å². The van der Waals surface area contributed by atoms with Gasteiger partial charge in [-0.15, -0.1) is 0 Å². The van der Waals surface area contributed by atoms with E-state index in [0.717, 1.165) is 70.4 Å². The number of fused-ring (bicyclic) bond motifs is 3. The first-order valence-corrected chi connectivity index (χ1v) is 13.2. The Bertz CT molecular complexity index is 760. The van der Waals surface area contributed by atoms with Crippen LogP contribution in [0.1, 0.15) is 40.0 Å². The third-order valence-electron chi connectivity index (χ3n) is 9.17. The smallest absolute Gasteiger partial charge is 0.0123 e. The van der Waals surface area contributed by atoms with E-state index in [0.29, 0.717) is 41.3 Å². The lowest BCUT2D eigenvalue weighted by molar-refractivity contribution is 0.270. The molecule has 3 heterocycles. The van der Waals surface area contributed by atoms with E-state index in [1.807, 2.05) is 0 Å². The highest BCUT2D eigenvalue weighted by Gasteiger charge is 2.41. The van der Waals surface area contributed by atoms with Crippen molar-refractivity contribution >= 4 is 0 Å². The molecule has 3 fully saturated rings. The van der Waals surface area contributed by atoms with Gasteiger partial charge in [-0.1, -0.05) is 42.4 Å². The minimum absolute atomic E-state index is 0.345. The maximum Gasteiger partial charge on any atom is 0.0123 e. The molecular weight excluding hydrogens is 408 g/mol. The van der Waals surface area contributed by atoms with Crippen molar-refractivity contribution in [3.05, 3.63) is 35.5 Å². The van der Waals surface area contributed by atoms with E-state index in [-0.39, 0.29) is 0 Å². The fraction of sp³-hybridized carbons (Fsp3) is 0.778. The second-order valence-electron chi connectivity index (χ2n) is 11.7. The van der Waals surface area contributed by atoms with Crippen molar-refractivity contribution < 1.29 is 0 Å². The Labute approximate surface area is 201 Å². The SMILES string of the molecule is CC12C=CCC(N)C1CNC2.CC1=CC2CNCC2C(N)C1.CC1=CCC(N)C2CNCC12. The number of nitrogens with two attached hydrogens (primary N) is 3. The third kappa shape index (κ3) is 5.63. The van der Waals surface area contributed by atoms with Crippen molar-refractivity contribution in [3.8, 4) is 0 Å². The Hall–Kier alpha value is -1.02. The molecule has 6 heteroatoms. The van der Waals surface area contributed by atoms with Crippen LogP contribution >= 0.6 is 0 Å². The predicted octanol–water partition coefficient (Wildman–Crippen LogP) is 1.50. The first kappa shape index (κ1) is 25.1. The van der Waals surface area contributed by atoms with Gasteiger partial charge in [0.1, 0.15) is 0 Å². The molecule has 9 N–H and O–H groups in total. The molecule has 0 radical (unpaired) electrons. The largest absolute Gasteiger partial charge is 0.327 e. The summed E-state index contributed by atoms with van der Waals surface area (Å²) in [7, 11) is 0. The zero-order chi connectivity index (χ0) is 23.6. The summed E-state index contributed by atoms with van der Waals surface area (Å²) in [5.74, 6) is 3.53. The zero-order valence-electron chi connectivity index (χ0n) is 21.0. The van der Waals surface area contributed by atoms with Gasteiger partial charge < -0.3 is 33.2 Å². The topological polar surface area (TPSA) is 114 Å². The molecule has 3 saturated heterocycles. The van der Waals surface area contributed by atoms with Crippen LogP contribution in [0.15, 0.2) is 35.5 Å². The van der Waals surface area contributed by atoms with E-state index >= 15 is 0 Å². The lowest BCUT2D eigenvalue weighted by atomic mass is 9.72. The summed E-state index contributed by atoms with van der Waals surface area (Å²) in [6, 6.07) is 1.18. The Morgan fingerprint density at radius 2 is 1.61 bits per heavy atom. The molecule has 3 aliphatic heterocycles. The fourth-order valence-corrected chi connectivity index (χ4v) is 6.97. The molecule has 0 aromatic carbocycles. The summed E-state index contributed by atoms with van der Waals surface area (Å²) in [6.07, 6.45) is 12.5. The van der Waals surface area contributed by atoms with E-state index in [4.69, 9.17) is 17.2 Å². The van der Waals surface area contributed by atoms with Crippen LogP contribution in [0.25, 0.3) is 0 Å². The van der Waals surface area contributed by atoms with Gasteiger partial charge in [-0.3, -0.25) is 0 Å². The minimum Gasteiger partial charge on any atom is -0.327 e. The van der Waals surface area contributed by atoms with Gasteiger partial charge in [0.25, 0.3) is 0 Å². The molecule has 0 aromatic heterocycles. The maximum atomic E-state index is 6.03. The number of nitrogens with one attached hydrogen (secondary N) is 3. The normalized spacial score (nSPS) is 45.4. The second-order valence-corrected chi connectivity index (χ2v) is 11.7. The molecule has 0 bridgehead atoms. The Balaban J connectivity index is 0.000000118. The first-order chi connectivity index (χ1) is 15.8. The highest BCUT2D eigenvalue weighted by molar-refractivity contribution is 5.16. The van der Waals surface area contributed by atoms with E-state index < -0.39 is 0 Å². The van der Waals surface area contributed by atoms with Crippen LogP contribution in [-0.4, -0.2) is 57.4 Å². The Morgan fingerprint density at radius 1 is 0.848 bits per heavy atom. The van der Waals surface area contributed by atoms with Crippen molar-refractivity contribution in [2.24, 2.45) is 52.2 Å². The van der Waals surface area contributed by atoms with Crippen LogP contribution in [0.5, 0.6) is 0 Å². The molecule has 9 unspecified atom stereocenters. The quantitative estimate of drug-likeness (QED) is 0.308. The van der Waals surface area contributed by atoms with Crippen molar-refractivity contribution in [1.82, 2.24) is 16.0 Å². The van der Waals surface area contributed by atoms with E-state index in [1.165, 1.54) is 5.57 Å². The van der Waals surface area contributed by atoms with Crippen molar-refractivity contribution in [2.45, 2.75) is 58.2 Å².